The number of rotatable bonds is 8. The molecule has 0 radical (unpaired) electrons. The van der Waals surface area contributed by atoms with Gasteiger partial charge in [0.2, 0.25) is 5.91 Å². The Morgan fingerprint density at radius 3 is 2.58 bits per heavy atom. The fraction of sp³-hybridized carbons (Fsp3) is 0.269. The molecule has 0 spiro atoms. The predicted octanol–water partition coefficient (Wildman–Crippen LogP) is 3.99. The maximum absolute atomic E-state index is 13.3. The monoisotopic (exact) mass is 461 g/mol. The Bertz CT molecular complexity index is 1400. The summed E-state index contributed by atoms with van der Waals surface area (Å²) in [5, 5.41) is 4.73. The van der Waals surface area contributed by atoms with Gasteiger partial charge in [0.15, 0.2) is 0 Å². The predicted molar refractivity (Wildman–Crippen MR) is 133 cm³/mol. The van der Waals surface area contributed by atoms with Crippen LogP contribution < -0.4 is 16.6 Å². The van der Waals surface area contributed by atoms with Crippen LogP contribution in [-0.4, -0.2) is 15.0 Å². The Morgan fingerprint density at radius 2 is 1.79 bits per heavy atom. The third-order valence-electron chi connectivity index (χ3n) is 5.79. The van der Waals surface area contributed by atoms with Crippen LogP contribution in [-0.2, 0) is 24.4 Å². The summed E-state index contributed by atoms with van der Waals surface area (Å²) < 4.78 is 3.51. The fourth-order valence-electron chi connectivity index (χ4n) is 3.91. The molecule has 1 amide bonds. The van der Waals surface area contributed by atoms with Gasteiger partial charge < -0.3 is 5.32 Å². The summed E-state index contributed by atoms with van der Waals surface area (Å²) in [4.78, 5) is 38.5. The number of hydrogen-bond donors (Lipinski definition) is 1. The molecular formula is C26H27N3O3S. The summed E-state index contributed by atoms with van der Waals surface area (Å²) in [6.07, 6.45) is 0.661. The smallest absolute Gasteiger partial charge is 0.331 e. The van der Waals surface area contributed by atoms with Gasteiger partial charge in [-0.3, -0.25) is 18.7 Å². The molecule has 0 aliphatic heterocycles. The molecule has 2 heterocycles. The molecule has 4 aromatic rings. The standard InChI is InChI=1S/C26H27N3O3S/c1-18-10-11-19(2)21(15-18)17-29-22-12-14-33-24(22)25(31)28(26(29)32)13-6-9-23(30)27-16-20-7-4-3-5-8-20/h3-5,7-8,10-12,14-15H,6,9,13,16-17H2,1-2H3,(H,27,30). The lowest BCUT2D eigenvalue weighted by Crippen LogP contribution is -2.40. The third kappa shape index (κ3) is 5.14. The summed E-state index contributed by atoms with van der Waals surface area (Å²) in [7, 11) is 0. The normalized spacial score (nSPS) is 11.1. The minimum Gasteiger partial charge on any atom is -0.352 e. The molecule has 0 aliphatic rings. The average molecular weight is 462 g/mol. The molecule has 2 aromatic heterocycles. The van der Waals surface area contributed by atoms with Crippen molar-refractivity contribution in [1.82, 2.24) is 14.5 Å². The second-order valence-corrected chi connectivity index (χ2v) is 9.17. The highest BCUT2D eigenvalue weighted by Crippen LogP contribution is 2.18. The van der Waals surface area contributed by atoms with Crippen molar-refractivity contribution >= 4 is 27.5 Å². The highest BCUT2D eigenvalue weighted by molar-refractivity contribution is 7.17. The number of nitrogens with zero attached hydrogens (tertiary/aromatic N) is 2. The highest BCUT2D eigenvalue weighted by atomic mass is 32.1. The van der Waals surface area contributed by atoms with Crippen LogP contribution in [0.4, 0.5) is 0 Å². The van der Waals surface area contributed by atoms with Gasteiger partial charge in [0.05, 0.1) is 12.1 Å². The topological polar surface area (TPSA) is 73.1 Å². The number of aryl methyl sites for hydroxylation is 2. The van der Waals surface area contributed by atoms with Crippen molar-refractivity contribution in [3.63, 3.8) is 0 Å². The van der Waals surface area contributed by atoms with Crippen LogP contribution in [0.2, 0.25) is 0 Å². The molecule has 0 saturated heterocycles. The second kappa shape index (κ2) is 10.0. The van der Waals surface area contributed by atoms with Gasteiger partial charge >= 0.3 is 5.69 Å². The van der Waals surface area contributed by atoms with Crippen molar-refractivity contribution in [3.8, 4) is 0 Å². The molecule has 170 valence electrons. The van der Waals surface area contributed by atoms with E-state index in [9.17, 15) is 14.4 Å². The molecule has 2 aromatic carbocycles. The van der Waals surface area contributed by atoms with Crippen molar-refractivity contribution in [2.75, 3.05) is 0 Å². The molecule has 33 heavy (non-hydrogen) atoms. The number of amides is 1. The van der Waals surface area contributed by atoms with Gasteiger partial charge in [0.1, 0.15) is 4.70 Å². The zero-order valence-corrected chi connectivity index (χ0v) is 19.7. The van der Waals surface area contributed by atoms with Crippen molar-refractivity contribution < 1.29 is 4.79 Å². The number of nitrogens with one attached hydrogen (secondary N) is 1. The van der Waals surface area contributed by atoms with Crippen molar-refractivity contribution in [2.45, 2.75) is 46.3 Å². The average Bonchev–Trinajstić information content (AvgIpc) is 3.30. The molecule has 0 bridgehead atoms. The fourth-order valence-corrected chi connectivity index (χ4v) is 4.75. The molecule has 7 heteroatoms. The largest absolute Gasteiger partial charge is 0.352 e. The first-order valence-corrected chi connectivity index (χ1v) is 11.9. The van der Waals surface area contributed by atoms with Gasteiger partial charge in [0.25, 0.3) is 5.56 Å². The molecule has 0 atom stereocenters. The number of aromatic nitrogens is 2. The van der Waals surface area contributed by atoms with E-state index < -0.39 is 0 Å². The van der Waals surface area contributed by atoms with E-state index in [1.165, 1.54) is 15.9 Å². The van der Waals surface area contributed by atoms with Gasteiger partial charge in [-0.1, -0.05) is 54.1 Å². The first-order valence-electron chi connectivity index (χ1n) is 11.0. The number of thiophene rings is 1. The van der Waals surface area contributed by atoms with Gasteiger partial charge in [-0.2, -0.15) is 0 Å². The van der Waals surface area contributed by atoms with Crippen LogP contribution in [0.15, 0.2) is 69.6 Å². The first kappa shape index (κ1) is 22.7. The Morgan fingerprint density at radius 1 is 1.00 bits per heavy atom. The van der Waals surface area contributed by atoms with Crippen LogP contribution in [0.25, 0.3) is 10.2 Å². The second-order valence-electron chi connectivity index (χ2n) is 8.26. The lowest BCUT2D eigenvalue weighted by Gasteiger charge is -2.14. The van der Waals surface area contributed by atoms with Crippen LogP contribution >= 0.6 is 11.3 Å². The Kier molecular flexibility index (Phi) is 6.89. The van der Waals surface area contributed by atoms with E-state index >= 15 is 0 Å². The number of hydrogen-bond acceptors (Lipinski definition) is 4. The van der Waals surface area contributed by atoms with Crippen molar-refractivity contribution in [1.29, 1.82) is 0 Å². The molecule has 0 fully saturated rings. The number of fused-ring (bicyclic) bond motifs is 1. The molecule has 6 nitrogen and oxygen atoms in total. The van der Waals surface area contributed by atoms with Crippen LogP contribution in [0.5, 0.6) is 0 Å². The molecule has 1 N–H and O–H groups in total. The SMILES string of the molecule is Cc1ccc(C)c(Cn2c(=O)n(CCCC(=O)NCc3ccccc3)c(=O)c3sccc32)c1. The minimum absolute atomic E-state index is 0.0974. The lowest BCUT2D eigenvalue weighted by atomic mass is 10.1. The van der Waals surface area contributed by atoms with Crippen LogP contribution in [0, 0.1) is 13.8 Å². The van der Waals surface area contributed by atoms with Gasteiger partial charge in [-0.25, -0.2) is 4.79 Å². The van der Waals surface area contributed by atoms with E-state index in [2.05, 4.69) is 11.4 Å². The summed E-state index contributed by atoms with van der Waals surface area (Å²) in [6.45, 7) is 5.11. The van der Waals surface area contributed by atoms with E-state index in [1.54, 1.807) is 4.57 Å². The summed E-state index contributed by atoms with van der Waals surface area (Å²) in [5.41, 5.74) is 4.34. The minimum atomic E-state index is -0.337. The van der Waals surface area contributed by atoms with Gasteiger partial charge in [-0.05, 0) is 48.4 Å². The Hall–Kier alpha value is -3.45. The number of carbonyl (C=O) groups is 1. The summed E-state index contributed by atoms with van der Waals surface area (Å²) >= 11 is 1.34. The van der Waals surface area contributed by atoms with Gasteiger partial charge in [-0.15, -0.1) is 11.3 Å². The number of benzene rings is 2. The van der Waals surface area contributed by atoms with E-state index in [-0.39, 0.29) is 30.1 Å². The highest BCUT2D eigenvalue weighted by Gasteiger charge is 2.15. The molecule has 4 rings (SSSR count). The van der Waals surface area contributed by atoms with E-state index in [4.69, 9.17) is 0 Å². The molecule has 0 aliphatic carbocycles. The van der Waals surface area contributed by atoms with Gasteiger partial charge in [0, 0.05) is 19.5 Å². The summed E-state index contributed by atoms with van der Waals surface area (Å²) in [6, 6.07) is 17.7. The Balaban J connectivity index is 1.52. The lowest BCUT2D eigenvalue weighted by molar-refractivity contribution is -0.121. The molecule has 0 unspecified atom stereocenters. The van der Waals surface area contributed by atoms with Crippen LogP contribution in [0.3, 0.4) is 0 Å². The van der Waals surface area contributed by atoms with Crippen molar-refractivity contribution in [3.05, 3.63) is 103 Å². The van der Waals surface area contributed by atoms with Crippen molar-refractivity contribution in [2.24, 2.45) is 0 Å². The summed E-state index contributed by atoms with van der Waals surface area (Å²) in [5.74, 6) is -0.0974. The zero-order chi connectivity index (χ0) is 23.4. The number of carbonyl (C=O) groups excluding carboxylic acids is 1. The van der Waals surface area contributed by atoms with Crippen LogP contribution in [0.1, 0.15) is 35.1 Å². The maximum Gasteiger partial charge on any atom is 0.331 e. The maximum atomic E-state index is 13.3. The molecule has 0 saturated carbocycles. The van der Waals surface area contributed by atoms with E-state index in [1.807, 2.05) is 67.8 Å². The third-order valence-corrected chi connectivity index (χ3v) is 6.68. The Labute approximate surface area is 196 Å². The van der Waals surface area contributed by atoms with E-state index in [0.717, 1.165) is 22.3 Å². The van der Waals surface area contributed by atoms with E-state index in [0.29, 0.717) is 29.7 Å². The zero-order valence-electron chi connectivity index (χ0n) is 18.8. The first-order chi connectivity index (χ1) is 15.9. The molecular weight excluding hydrogens is 434 g/mol. The quantitative estimate of drug-likeness (QED) is 0.431.